The first-order chi connectivity index (χ1) is 19.0. The van der Waals surface area contributed by atoms with Gasteiger partial charge in [-0.05, 0) is 37.5 Å². The molecule has 11 nitrogen and oxygen atoms in total. The molecule has 2 aliphatic rings. The molecule has 1 amide bonds. The number of nitrogen functional groups attached to an aromatic ring is 1. The van der Waals surface area contributed by atoms with Gasteiger partial charge in [0, 0.05) is 69.2 Å². The van der Waals surface area contributed by atoms with Crippen molar-refractivity contribution < 1.29 is 18.7 Å². The Bertz CT molecular complexity index is 1360. The van der Waals surface area contributed by atoms with Crippen LogP contribution in [0.4, 0.5) is 25.3 Å². The molecule has 1 aliphatic heterocycles. The molecule has 0 spiro atoms. The van der Waals surface area contributed by atoms with Crippen LogP contribution in [0.1, 0.15) is 38.3 Å². The molecule has 2 fully saturated rings. The van der Waals surface area contributed by atoms with Crippen molar-refractivity contribution >= 4 is 40.6 Å². The SMILES string of the molecule is C[C@@H]1CN(c2nc(NN)nc3c2ncn3CCN(C)C(=O)O)[C@@H](C)CN1C(c1ccc(Cl)cc1)C1CC(F)(F)C1. The number of alkyl halides is 2. The molecular formula is C26H34ClF2N9O2. The Hall–Kier alpha value is -3.29. The number of benzene rings is 1. The number of fused-ring (bicyclic) bond motifs is 1. The Kier molecular flexibility index (Phi) is 7.73. The van der Waals surface area contributed by atoms with E-state index >= 15 is 0 Å². The number of nitrogens with two attached hydrogens (primary N) is 1. The fourth-order valence-electron chi connectivity index (χ4n) is 5.87. The van der Waals surface area contributed by atoms with Crippen LogP contribution < -0.4 is 16.2 Å². The van der Waals surface area contributed by atoms with Crippen molar-refractivity contribution in [2.24, 2.45) is 11.8 Å². The first-order valence-electron chi connectivity index (χ1n) is 13.3. The lowest BCUT2D eigenvalue weighted by Crippen LogP contribution is -2.59. The smallest absolute Gasteiger partial charge is 0.407 e. The number of halogens is 3. The number of nitrogens with zero attached hydrogens (tertiary/aromatic N) is 7. The van der Waals surface area contributed by atoms with Gasteiger partial charge in [0.2, 0.25) is 11.9 Å². The number of nitrogens with one attached hydrogen (secondary N) is 1. The maximum absolute atomic E-state index is 14.0. The number of carbonyl (C=O) groups is 1. The molecular weight excluding hydrogens is 544 g/mol. The highest BCUT2D eigenvalue weighted by atomic mass is 35.5. The summed E-state index contributed by atoms with van der Waals surface area (Å²) in [7, 11) is 1.50. The molecule has 3 atom stereocenters. The Balaban J connectivity index is 1.43. The molecule has 3 heterocycles. The topological polar surface area (TPSA) is 129 Å². The lowest BCUT2D eigenvalue weighted by molar-refractivity contribution is -0.137. The van der Waals surface area contributed by atoms with E-state index < -0.39 is 12.0 Å². The molecule has 1 unspecified atom stereocenters. The number of carboxylic acid groups (broad SMARTS) is 1. The van der Waals surface area contributed by atoms with E-state index in [0.717, 1.165) is 5.56 Å². The third-order valence-corrected chi connectivity index (χ3v) is 8.27. The fourth-order valence-corrected chi connectivity index (χ4v) is 6.00. The number of hydrazine groups is 1. The van der Waals surface area contributed by atoms with Gasteiger partial charge < -0.3 is 19.5 Å². The number of rotatable bonds is 8. The summed E-state index contributed by atoms with van der Waals surface area (Å²) in [5.74, 6) is 3.76. The minimum absolute atomic E-state index is 0.0108. The standard InChI is InChI=1S/C26H34ClF2N9O2/c1-15-13-38(23-20-22(32-24(33-23)34-30)36(14-31-20)9-8-35(3)25(39)40)16(2)12-37(15)21(18-10-26(28,29)11-18)17-4-6-19(27)7-5-17/h4-7,14-16,18,21H,8-13,30H2,1-3H3,(H,39,40)(H,32,33,34)/t15-,16+,21?/m1/s1. The molecule has 3 aromatic rings. The summed E-state index contributed by atoms with van der Waals surface area (Å²) in [6.07, 6.45) is 0.339. The van der Waals surface area contributed by atoms with E-state index in [-0.39, 0.29) is 49.4 Å². The van der Waals surface area contributed by atoms with Crippen LogP contribution in [0.3, 0.4) is 0 Å². The normalized spacial score (nSPS) is 22.2. The number of hydrogen-bond donors (Lipinski definition) is 3. The monoisotopic (exact) mass is 577 g/mol. The van der Waals surface area contributed by atoms with Gasteiger partial charge >= 0.3 is 6.09 Å². The van der Waals surface area contributed by atoms with Gasteiger partial charge in [-0.25, -0.2) is 24.4 Å². The molecule has 40 heavy (non-hydrogen) atoms. The zero-order valence-corrected chi connectivity index (χ0v) is 23.4. The Morgan fingerprint density at radius 3 is 2.55 bits per heavy atom. The largest absolute Gasteiger partial charge is 0.465 e. The highest BCUT2D eigenvalue weighted by molar-refractivity contribution is 6.30. The fraction of sp³-hybridized carbons (Fsp3) is 0.538. The highest BCUT2D eigenvalue weighted by Crippen LogP contribution is 2.51. The van der Waals surface area contributed by atoms with Crippen molar-refractivity contribution in [2.75, 3.05) is 37.0 Å². The molecule has 1 saturated heterocycles. The number of hydrogen-bond acceptors (Lipinski definition) is 8. The van der Waals surface area contributed by atoms with Gasteiger partial charge in [0.25, 0.3) is 0 Å². The van der Waals surface area contributed by atoms with Gasteiger partial charge in [-0.1, -0.05) is 23.7 Å². The maximum Gasteiger partial charge on any atom is 0.407 e. The van der Waals surface area contributed by atoms with Crippen LogP contribution >= 0.6 is 11.6 Å². The first-order valence-corrected chi connectivity index (χ1v) is 13.6. The number of piperazine rings is 1. The van der Waals surface area contributed by atoms with Crippen molar-refractivity contribution in [2.45, 2.75) is 57.3 Å². The van der Waals surface area contributed by atoms with E-state index in [2.05, 4.69) is 44.0 Å². The van der Waals surface area contributed by atoms with E-state index in [1.165, 1.54) is 11.9 Å². The minimum atomic E-state index is -2.62. The van der Waals surface area contributed by atoms with Crippen molar-refractivity contribution in [1.29, 1.82) is 0 Å². The van der Waals surface area contributed by atoms with Crippen LogP contribution in [0.2, 0.25) is 5.02 Å². The molecule has 5 rings (SSSR count). The minimum Gasteiger partial charge on any atom is -0.465 e. The molecule has 0 radical (unpaired) electrons. The molecule has 2 aromatic heterocycles. The summed E-state index contributed by atoms with van der Waals surface area (Å²) in [6.45, 7) is 5.99. The number of anilines is 2. The van der Waals surface area contributed by atoms with Gasteiger partial charge in [-0.3, -0.25) is 10.3 Å². The maximum atomic E-state index is 14.0. The zero-order valence-electron chi connectivity index (χ0n) is 22.6. The summed E-state index contributed by atoms with van der Waals surface area (Å²) in [5.41, 5.74) is 4.63. The number of imidazole rings is 1. The quantitative estimate of drug-likeness (QED) is 0.268. The Labute approximate surface area is 235 Å². The van der Waals surface area contributed by atoms with E-state index in [1.54, 1.807) is 10.9 Å². The van der Waals surface area contributed by atoms with Crippen molar-refractivity contribution in [3.8, 4) is 0 Å². The molecule has 1 aliphatic carbocycles. The second-order valence-electron chi connectivity index (χ2n) is 10.9. The predicted octanol–water partition coefficient (Wildman–Crippen LogP) is 4.06. The van der Waals surface area contributed by atoms with Gasteiger partial charge in [0.1, 0.15) is 0 Å². The van der Waals surface area contributed by atoms with Crippen molar-refractivity contribution in [3.05, 3.63) is 41.2 Å². The summed E-state index contributed by atoms with van der Waals surface area (Å²) < 4.78 is 29.8. The van der Waals surface area contributed by atoms with Crippen LogP contribution in [0.15, 0.2) is 30.6 Å². The molecule has 14 heteroatoms. The second-order valence-corrected chi connectivity index (χ2v) is 11.3. The Morgan fingerprint density at radius 2 is 1.93 bits per heavy atom. The van der Waals surface area contributed by atoms with Gasteiger partial charge in [0.05, 0.1) is 6.33 Å². The van der Waals surface area contributed by atoms with E-state index in [0.29, 0.717) is 41.6 Å². The third-order valence-electron chi connectivity index (χ3n) is 8.02. The zero-order chi connectivity index (χ0) is 28.8. The number of aromatic nitrogens is 4. The molecule has 1 aromatic carbocycles. The van der Waals surface area contributed by atoms with Crippen LogP contribution in [0.5, 0.6) is 0 Å². The Morgan fingerprint density at radius 1 is 1.23 bits per heavy atom. The average molecular weight is 578 g/mol. The van der Waals surface area contributed by atoms with Crippen LogP contribution in [-0.2, 0) is 6.54 Å². The van der Waals surface area contributed by atoms with Crippen molar-refractivity contribution in [3.63, 3.8) is 0 Å². The lowest BCUT2D eigenvalue weighted by Gasteiger charge is -2.52. The lowest BCUT2D eigenvalue weighted by atomic mass is 9.73. The van der Waals surface area contributed by atoms with Gasteiger partial charge in [-0.15, -0.1) is 0 Å². The predicted molar refractivity (Wildman–Crippen MR) is 149 cm³/mol. The average Bonchev–Trinajstić information content (AvgIpc) is 3.31. The summed E-state index contributed by atoms with van der Waals surface area (Å²) in [6, 6.07) is 7.33. The van der Waals surface area contributed by atoms with Gasteiger partial charge in [0.15, 0.2) is 17.0 Å². The molecule has 216 valence electrons. The van der Waals surface area contributed by atoms with E-state index in [9.17, 15) is 18.7 Å². The third kappa shape index (κ3) is 5.50. The van der Waals surface area contributed by atoms with Gasteiger partial charge in [-0.2, -0.15) is 9.97 Å². The van der Waals surface area contributed by atoms with Crippen LogP contribution in [0.25, 0.3) is 11.2 Å². The molecule has 1 saturated carbocycles. The summed E-state index contributed by atoms with van der Waals surface area (Å²) in [5, 5.41) is 9.80. The summed E-state index contributed by atoms with van der Waals surface area (Å²) in [4.78, 5) is 30.6. The van der Waals surface area contributed by atoms with E-state index in [4.69, 9.17) is 17.4 Å². The summed E-state index contributed by atoms with van der Waals surface area (Å²) >= 11 is 6.13. The van der Waals surface area contributed by atoms with Crippen LogP contribution in [0, 0.1) is 5.92 Å². The number of likely N-dealkylation sites (N-methyl/N-ethyl adjacent to an activating group) is 1. The van der Waals surface area contributed by atoms with Crippen molar-refractivity contribution in [1.82, 2.24) is 29.3 Å². The second kappa shape index (κ2) is 10.9. The highest BCUT2D eigenvalue weighted by Gasteiger charge is 2.51. The van der Waals surface area contributed by atoms with Crippen LogP contribution in [-0.4, -0.2) is 85.2 Å². The molecule has 0 bridgehead atoms. The molecule has 4 N–H and O–H groups in total. The first kappa shape index (κ1) is 28.2. The van der Waals surface area contributed by atoms with E-state index in [1.807, 2.05) is 24.3 Å². The number of amides is 1.